The molecule has 20 heavy (non-hydrogen) atoms. The minimum absolute atomic E-state index is 0.309. The summed E-state index contributed by atoms with van der Waals surface area (Å²) >= 11 is 0. The van der Waals surface area contributed by atoms with Gasteiger partial charge in [0.1, 0.15) is 5.76 Å². The van der Waals surface area contributed by atoms with Crippen LogP contribution in [-0.2, 0) is 0 Å². The lowest BCUT2D eigenvalue weighted by molar-refractivity contribution is 0.305. The quantitative estimate of drug-likeness (QED) is 0.873. The highest BCUT2D eigenvalue weighted by atomic mass is 16.3. The molecule has 0 amide bonds. The van der Waals surface area contributed by atoms with E-state index in [1.807, 2.05) is 12.1 Å². The normalized spacial score (nSPS) is 24.4. The van der Waals surface area contributed by atoms with Crippen molar-refractivity contribution in [3.63, 3.8) is 0 Å². The van der Waals surface area contributed by atoms with Crippen molar-refractivity contribution < 1.29 is 4.42 Å². The van der Waals surface area contributed by atoms with Crippen LogP contribution in [0.3, 0.4) is 0 Å². The zero-order valence-electron chi connectivity index (χ0n) is 12.1. The van der Waals surface area contributed by atoms with Gasteiger partial charge in [-0.05, 0) is 56.2 Å². The molecule has 2 heteroatoms. The van der Waals surface area contributed by atoms with Crippen molar-refractivity contribution in [2.45, 2.75) is 50.6 Å². The largest absolute Gasteiger partial charge is 0.468 e. The average Bonchev–Trinajstić information content (AvgIpc) is 3.03. The van der Waals surface area contributed by atoms with Gasteiger partial charge in [0.05, 0.1) is 12.3 Å². The van der Waals surface area contributed by atoms with Gasteiger partial charge < -0.3 is 9.73 Å². The number of benzene rings is 1. The van der Waals surface area contributed by atoms with Gasteiger partial charge in [-0.3, -0.25) is 0 Å². The fraction of sp³-hybridized carbons (Fsp3) is 0.444. The number of hydrogen-bond donors (Lipinski definition) is 1. The molecular weight excluding hydrogens is 246 g/mol. The Bertz CT molecular complexity index is 497. The molecule has 0 aliphatic heterocycles. The van der Waals surface area contributed by atoms with E-state index in [0.29, 0.717) is 12.1 Å². The molecule has 1 heterocycles. The Morgan fingerprint density at radius 1 is 1.00 bits per heavy atom. The zero-order valence-corrected chi connectivity index (χ0v) is 12.1. The molecule has 0 radical (unpaired) electrons. The predicted octanol–water partition coefficient (Wildman–Crippen LogP) is 4.66. The average molecular weight is 269 g/mol. The molecule has 2 nitrogen and oxygen atoms in total. The van der Waals surface area contributed by atoms with E-state index in [2.05, 4.69) is 42.6 Å². The summed E-state index contributed by atoms with van der Waals surface area (Å²) in [4.78, 5) is 0. The Labute approximate surface area is 121 Å². The van der Waals surface area contributed by atoms with Gasteiger partial charge in [-0.15, -0.1) is 0 Å². The second kappa shape index (κ2) is 6.27. The van der Waals surface area contributed by atoms with Gasteiger partial charge in [0.2, 0.25) is 0 Å². The lowest BCUT2D eigenvalue weighted by atomic mass is 9.81. The summed E-state index contributed by atoms with van der Waals surface area (Å²) in [6, 6.07) is 15.9. The van der Waals surface area contributed by atoms with Gasteiger partial charge >= 0.3 is 0 Å². The molecule has 1 N–H and O–H groups in total. The first-order chi connectivity index (χ1) is 9.83. The lowest BCUT2D eigenvalue weighted by Crippen LogP contribution is -2.34. The van der Waals surface area contributed by atoms with Crippen molar-refractivity contribution in [1.82, 2.24) is 5.32 Å². The maximum atomic E-state index is 5.46. The molecule has 1 aromatic heterocycles. The molecule has 1 aliphatic rings. The van der Waals surface area contributed by atoms with Crippen LogP contribution >= 0.6 is 0 Å². The zero-order chi connectivity index (χ0) is 13.8. The summed E-state index contributed by atoms with van der Waals surface area (Å²) in [7, 11) is 0. The van der Waals surface area contributed by atoms with E-state index in [1.165, 1.54) is 31.2 Å². The first-order valence-corrected chi connectivity index (χ1v) is 7.67. The number of nitrogens with one attached hydrogen (secondary N) is 1. The number of furan rings is 1. The smallest absolute Gasteiger partial charge is 0.120 e. The van der Waals surface area contributed by atoms with Crippen LogP contribution in [0.15, 0.2) is 53.1 Å². The first-order valence-electron chi connectivity index (χ1n) is 7.67. The first kappa shape index (κ1) is 13.4. The Morgan fingerprint density at radius 2 is 1.75 bits per heavy atom. The molecule has 0 saturated heterocycles. The van der Waals surface area contributed by atoms with Gasteiger partial charge in [0.15, 0.2) is 0 Å². The minimum atomic E-state index is 0.309. The van der Waals surface area contributed by atoms with Gasteiger partial charge in [0, 0.05) is 6.04 Å². The fourth-order valence-electron chi connectivity index (χ4n) is 3.29. The van der Waals surface area contributed by atoms with Crippen LogP contribution in [0.25, 0.3) is 0 Å². The summed E-state index contributed by atoms with van der Waals surface area (Å²) in [6.07, 6.45) is 6.83. The second-order valence-electron chi connectivity index (χ2n) is 5.86. The molecule has 1 aromatic carbocycles. The van der Waals surface area contributed by atoms with Crippen molar-refractivity contribution in [1.29, 1.82) is 0 Å². The van der Waals surface area contributed by atoms with E-state index in [1.54, 1.807) is 6.26 Å². The Hall–Kier alpha value is -1.54. The summed E-state index contributed by atoms with van der Waals surface area (Å²) in [6.45, 7) is 2.18. The molecule has 1 aliphatic carbocycles. The molecular formula is C18H23NO. The van der Waals surface area contributed by atoms with E-state index in [0.717, 1.165) is 11.7 Å². The summed E-state index contributed by atoms with van der Waals surface area (Å²) in [5, 5.41) is 3.70. The Kier molecular flexibility index (Phi) is 4.22. The predicted molar refractivity (Wildman–Crippen MR) is 81.7 cm³/mol. The third-order valence-electron chi connectivity index (χ3n) is 4.45. The third-order valence-corrected chi connectivity index (χ3v) is 4.45. The van der Waals surface area contributed by atoms with Crippen LogP contribution in [0.1, 0.15) is 55.9 Å². The van der Waals surface area contributed by atoms with Crippen LogP contribution in [0.4, 0.5) is 0 Å². The standard InChI is InChI=1S/C18H23NO/c1-14(18-8-5-13-20-18)19-17-11-9-16(10-12-17)15-6-3-2-4-7-15/h2-8,13-14,16-17,19H,9-12H2,1H3/t14-,16?,17?/m1/s1. The van der Waals surface area contributed by atoms with E-state index in [9.17, 15) is 0 Å². The van der Waals surface area contributed by atoms with Crippen LogP contribution in [0, 0.1) is 0 Å². The van der Waals surface area contributed by atoms with Crippen molar-refractivity contribution in [2.75, 3.05) is 0 Å². The van der Waals surface area contributed by atoms with Crippen molar-refractivity contribution in [2.24, 2.45) is 0 Å². The van der Waals surface area contributed by atoms with Crippen molar-refractivity contribution >= 4 is 0 Å². The maximum absolute atomic E-state index is 5.46. The molecule has 106 valence electrons. The van der Waals surface area contributed by atoms with E-state index in [-0.39, 0.29) is 0 Å². The highest BCUT2D eigenvalue weighted by Crippen LogP contribution is 2.33. The van der Waals surface area contributed by atoms with Gasteiger partial charge in [-0.25, -0.2) is 0 Å². The maximum Gasteiger partial charge on any atom is 0.120 e. The van der Waals surface area contributed by atoms with Gasteiger partial charge in [0.25, 0.3) is 0 Å². The van der Waals surface area contributed by atoms with Crippen molar-refractivity contribution in [3.8, 4) is 0 Å². The topological polar surface area (TPSA) is 25.2 Å². The summed E-state index contributed by atoms with van der Waals surface area (Å²) in [5.74, 6) is 1.78. The molecule has 1 atom stereocenters. The SMILES string of the molecule is C[C@@H](NC1CCC(c2ccccc2)CC1)c1ccco1. The van der Waals surface area contributed by atoms with Crippen molar-refractivity contribution in [3.05, 3.63) is 60.1 Å². The number of rotatable bonds is 4. The van der Waals surface area contributed by atoms with Crippen LogP contribution in [0.2, 0.25) is 0 Å². The highest BCUT2D eigenvalue weighted by molar-refractivity contribution is 5.20. The second-order valence-corrected chi connectivity index (χ2v) is 5.86. The fourth-order valence-corrected chi connectivity index (χ4v) is 3.29. The van der Waals surface area contributed by atoms with E-state index >= 15 is 0 Å². The highest BCUT2D eigenvalue weighted by Gasteiger charge is 2.23. The summed E-state index contributed by atoms with van der Waals surface area (Å²) in [5.41, 5.74) is 1.50. The molecule has 0 bridgehead atoms. The molecule has 1 fully saturated rings. The molecule has 3 rings (SSSR count). The Morgan fingerprint density at radius 3 is 2.40 bits per heavy atom. The molecule has 0 unspecified atom stereocenters. The van der Waals surface area contributed by atoms with Gasteiger partial charge in [-0.2, -0.15) is 0 Å². The molecule has 1 saturated carbocycles. The minimum Gasteiger partial charge on any atom is -0.468 e. The van der Waals surface area contributed by atoms with E-state index < -0.39 is 0 Å². The number of hydrogen-bond acceptors (Lipinski definition) is 2. The van der Waals surface area contributed by atoms with Crippen LogP contribution in [0.5, 0.6) is 0 Å². The Balaban J connectivity index is 1.51. The van der Waals surface area contributed by atoms with Crippen LogP contribution in [-0.4, -0.2) is 6.04 Å². The van der Waals surface area contributed by atoms with E-state index in [4.69, 9.17) is 4.42 Å². The molecule has 2 aromatic rings. The monoisotopic (exact) mass is 269 g/mol. The van der Waals surface area contributed by atoms with Crippen LogP contribution < -0.4 is 5.32 Å². The van der Waals surface area contributed by atoms with Gasteiger partial charge in [-0.1, -0.05) is 30.3 Å². The summed E-state index contributed by atoms with van der Waals surface area (Å²) < 4.78 is 5.46. The third kappa shape index (κ3) is 3.13. The molecule has 0 spiro atoms. The lowest BCUT2D eigenvalue weighted by Gasteiger charge is -2.31.